The SMILES string of the molecule is CCOC(=O)COc1c(Br)cc(/C=c2\sc3n(c2=O)[C@@H](c2ccc(OCC)cc2)C(C(=O)Nc2ccccc2)=C(C)N=3)cc1OC. The van der Waals surface area contributed by atoms with Crippen LogP contribution in [0.15, 0.2) is 92.3 Å². The maximum atomic E-state index is 14.1. The second-order valence-corrected chi connectivity index (χ2v) is 11.9. The highest BCUT2D eigenvalue weighted by molar-refractivity contribution is 9.10. The van der Waals surface area contributed by atoms with E-state index in [9.17, 15) is 14.4 Å². The number of amides is 1. The molecule has 4 aromatic rings. The molecule has 0 unspecified atom stereocenters. The van der Waals surface area contributed by atoms with Crippen LogP contribution in [0.1, 0.15) is 37.9 Å². The van der Waals surface area contributed by atoms with Crippen LogP contribution in [-0.4, -0.2) is 43.4 Å². The van der Waals surface area contributed by atoms with Crippen LogP contribution in [0.3, 0.4) is 0 Å². The van der Waals surface area contributed by atoms with Gasteiger partial charge < -0.3 is 24.3 Å². The molecule has 0 radical (unpaired) electrons. The third kappa shape index (κ3) is 7.08. The maximum Gasteiger partial charge on any atom is 0.344 e. The van der Waals surface area contributed by atoms with Crippen LogP contribution in [0, 0.1) is 0 Å². The molecule has 2 heterocycles. The molecule has 0 spiro atoms. The summed E-state index contributed by atoms with van der Waals surface area (Å²) < 4.78 is 24.2. The van der Waals surface area contributed by atoms with E-state index in [2.05, 4.69) is 21.2 Å². The predicted molar refractivity (Wildman–Crippen MR) is 179 cm³/mol. The standard InChI is InChI=1S/C34H32BrN3O7S/c1-5-43-24-14-12-22(13-15-24)30-29(32(40)37-23-10-8-7-9-11-23)20(3)36-34-38(30)33(41)27(46-34)18-21-16-25(35)31(26(17-21)42-4)45-19-28(39)44-6-2/h7-18,30H,5-6,19H2,1-4H3,(H,37,40)/b27-18-/t30-/m0/s1. The Hall–Kier alpha value is -4.68. The normalized spacial score (nSPS) is 14.3. The van der Waals surface area contributed by atoms with E-state index in [1.807, 2.05) is 49.4 Å². The highest BCUT2D eigenvalue weighted by atomic mass is 79.9. The van der Waals surface area contributed by atoms with E-state index < -0.39 is 12.0 Å². The second kappa shape index (κ2) is 14.6. The van der Waals surface area contributed by atoms with Crippen molar-refractivity contribution < 1.29 is 28.5 Å². The Labute approximate surface area is 277 Å². The summed E-state index contributed by atoms with van der Waals surface area (Å²) in [5, 5.41) is 2.96. The van der Waals surface area contributed by atoms with Crippen molar-refractivity contribution in [2.24, 2.45) is 4.99 Å². The number of carbonyl (C=O) groups is 2. The minimum Gasteiger partial charge on any atom is -0.494 e. The quantitative estimate of drug-likeness (QED) is 0.219. The number of allylic oxidation sites excluding steroid dienone is 1. The Morgan fingerprint density at radius 2 is 1.78 bits per heavy atom. The molecule has 0 saturated heterocycles. The molecule has 0 saturated carbocycles. The number of thiazole rings is 1. The molecule has 0 aliphatic carbocycles. The summed E-state index contributed by atoms with van der Waals surface area (Å²) in [4.78, 5) is 44.9. The summed E-state index contributed by atoms with van der Waals surface area (Å²) in [6, 6.07) is 19.2. The first-order chi connectivity index (χ1) is 22.2. The highest BCUT2D eigenvalue weighted by Crippen LogP contribution is 2.37. The second-order valence-electron chi connectivity index (χ2n) is 10.0. The largest absolute Gasteiger partial charge is 0.494 e. The van der Waals surface area contributed by atoms with Gasteiger partial charge in [0, 0.05) is 5.69 Å². The van der Waals surface area contributed by atoms with Crippen LogP contribution in [0.5, 0.6) is 17.2 Å². The summed E-state index contributed by atoms with van der Waals surface area (Å²) in [7, 11) is 1.48. The van der Waals surface area contributed by atoms with E-state index in [-0.39, 0.29) is 24.7 Å². The van der Waals surface area contributed by atoms with Gasteiger partial charge in [0.15, 0.2) is 22.9 Å². The van der Waals surface area contributed by atoms with Gasteiger partial charge in [0.1, 0.15) is 5.75 Å². The van der Waals surface area contributed by atoms with Crippen LogP contribution in [0.2, 0.25) is 0 Å². The Balaban J connectivity index is 1.59. The van der Waals surface area contributed by atoms with Crippen molar-refractivity contribution in [2.45, 2.75) is 26.8 Å². The maximum absolute atomic E-state index is 14.1. The number of hydrogen-bond donors (Lipinski definition) is 1. The number of carbonyl (C=O) groups excluding carboxylic acids is 2. The zero-order valence-corrected chi connectivity index (χ0v) is 28.1. The van der Waals surface area contributed by atoms with Crippen molar-refractivity contribution in [1.29, 1.82) is 0 Å². The van der Waals surface area contributed by atoms with Crippen LogP contribution in [0.4, 0.5) is 5.69 Å². The fourth-order valence-corrected chi connectivity index (χ4v) is 6.63. The van der Waals surface area contributed by atoms with Gasteiger partial charge in [-0.05, 0) is 90.3 Å². The molecule has 0 fully saturated rings. The Kier molecular flexibility index (Phi) is 10.4. The highest BCUT2D eigenvalue weighted by Gasteiger charge is 2.32. The summed E-state index contributed by atoms with van der Waals surface area (Å²) in [5.41, 5.74) is 2.57. The monoisotopic (exact) mass is 705 g/mol. The molecule has 10 nitrogen and oxygen atoms in total. The van der Waals surface area contributed by atoms with Gasteiger partial charge in [-0.3, -0.25) is 14.2 Å². The van der Waals surface area contributed by atoms with Crippen LogP contribution >= 0.6 is 27.3 Å². The van der Waals surface area contributed by atoms with Gasteiger partial charge in [0.05, 0.1) is 46.6 Å². The fraction of sp³-hybridized carbons (Fsp3) is 0.235. The number of halogens is 1. The molecule has 1 aliphatic heterocycles. The number of rotatable bonds is 11. The molecule has 3 aromatic carbocycles. The first kappa shape index (κ1) is 32.7. The average molecular weight is 707 g/mol. The molecule has 1 aliphatic rings. The molecule has 1 N–H and O–H groups in total. The van der Waals surface area contributed by atoms with Gasteiger partial charge in [0.25, 0.3) is 11.5 Å². The Morgan fingerprint density at radius 3 is 2.46 bits per heavy atom. The van der Waals surface area contributed by atoms with Gasteiger partial charge in [-0.25, -0.2) is 9.79 Å². The van der Waals surface area contributed by atoms with Crippen molar-refractivity contribution in [1.82, 2.24) is 4.57 Å². The van der Waals surface area contributed by atoms with Gasteiger partial charge in [0.2, 0.25) is 0 Å². The lowest BCUT2D eigenvalue weighted by Gasteiger charge is -2.25. The van der Waals surface area contributed by atoms with Crippen LogP contribution in [0.25, 0.3) is 6.08 Å². The zero-order valence-electron chi connectivity index (χ0n) is 25.7. The number of esters is 1. The molecule has 238 valence electrons. The van der Waals surface area contributed by atoms with E-state index >= 15 is 0 Å². The van der Waals surface area contributed by atoms with E-state index in [0.29, 0.717) is 60.2 Å². The first-order valence-corrected chi connectivity index (χ1v) is 16.1. The number of ether oxygens (including phenoxy) is 4. The number of methoxy groups -OCH3 is 1. The van der Waals surface area contributed by atoms with Gasteiger partial charge >= 0.3 is 5.97 Å². The summed E-state index contributed by atoms with van der Waals surface area (Å²) in [5.74, 6) is 0.516. The predicted octanol–water partition coefficient (Wildman–Crippen LogP) is 4.99. The molecule has 1 atom stereocenters. The van der Waals surface area contributed by atoms with E-state index in [1.165, 1.54) is 18.4 Å². The number of anilines is 1. The average Bonchev–Trinajstić information content (AvgIpc) is 3.34. The molecular weight excluding hydrogens is 674 g/mol. The molecule has 46 heavy (non-hydrogen) atoms. The third-order valence-corrected chi connectivity index (χ3v) is 8.57. The van der Waals surface area contributed by atoms with Crippen LogP contribution < -0.4 is 34.4 Å². The fourth-order valence-electron chi connectivity index (χ4n) is 5.01. The third-order valence-electron chi connectivity index (χ3n) is 6.99. The van der Waals surface area contributed by atoms with E-state index in [4.69, 9.17) is 23.9 Å². The number of nitrogens with zero attached hydrogens (tertiary/aromatic N) is 2. The van der Waals surface area contributed by atoms with E-state index in [0.717, 1.165) is 5.56 Å². The van der Waals surface area contributed by atoms with Gasteiger partial charge in [-0.15, -0.1) is 0 Å². The number of nitrogens with one attached hydrogen (secondary N) is 1. The number of hydrogen-bond acceptors (Lipinski definition) is 9. The summed E-state index contributed by atoms with van der Waals surface area (Å²) in [6.45, 7) is 5.87. The van der Waals surface area contributed by atoms with Crippen molar-refractivity contribution in [3.63, 3.8) is 0 Å². The number of benzene rings is 3. The number of aromatic nitrogens is 1. The molecule has 1 amide bonds. The topological polar surface area (TPSA) is 117 Å². The Bertz CT molecular complexity index is 1970. The zero-order chi connectivity index (χ0) is 32.8. The Morgan fingerprint density at radius 1 is 1.04 bits per heavy atom. The van der Waals surface area contributed by atoms with Crippen molar-refractivity contribution in [2.75, 3.05) is 32.2 Å². The van der Waals surface area contributed by atoms with Crippen molar-refractivity contribution in [3.8, 4) is 17.2 Å². The minimum atomic E-state index is -0.738. The lowest BCUT2D eigenvalue weighted by molar-refractivity contribution is -0.145. The van der Waals surface area contributed by atoms with Crippen LogP contribution in [-0.2, 0) is 14.3 Å². The van der Waals surface area contributed by atoms with Gasteiger partial charge in [-0.1, -0.05) is 41.7 Å². The molecule has 0 bridgehead atoms. The molecule has 5 rings (SSSR count). The first-order valence-electron chi connectivity index (χ1n) is 14.5. The van der Waals surface area contributed by atoms with Gasteiger partial charge in [-0.2, -0.15) is 0 Å². The summed E-state index contributed by atoms with van der Waals surface area (Å²) >= 11 is 4.72. The smallest absolute Gasteiger partial charge is 0.344 e. The number of fused-ring (bicyclic) bond motifs is 1. The van der Waals surface area contributed by atoms with E-state index in [1.54, 1.807) is 48.8 Å². The van der Waals surface area contributed by atoms with Crippen molar-refractivity contribution >= 4 is 50.9 Å². The lowest BCUT2D eigenvalue weighted by atomic mass is 9.95. The molecule has 12 heteroatoms. The molecule has 1 aromatic heterocycles. The summed E-state index contributed by atoms with van der Waals surface area (Å²) in [6.07, 6.45) is 1.73. The molecular formula is C34H32BrN3O7S. The minimum absolute atomic E-state index is 0.245. The van der Waals surface area contributed by atoms with Crippen molar-refractivity contribution in [3.05, 3.63) is 113 Å². The number of para-hydroxylation sites is 1. The lowest BCUT2D eigenvalue weighted by Crippen LogP contribution is -2.40.